The van der Waals surface area contributed by atoms with Gasteiger partial charge in [-0.3, -0.25) is 10.1 Å². The Hall–Kier alpha value is -2.03. The summed E-state index contributed by atoms with van der Waals surface area (Å²) in [6, 6.07) is 5.97. The van der Waals surface area contributed by atoms with Crippen molar-refractivity contribution in [2.45, 2.75) is 43.9 Å². The van der Waals surface area contributed by atoms with Gasteiger partial charge >= 0.3 is 0 Å². The van der Waals surface area contributed by atoms with E-state index in [0.29, 0.717) is 11.0 Å². The number of fused-ring (bicyclic) bond motifs is 1. The van der Waals surface area contributed by atoms with E-state index in [4.69, 9.17) is 0 Å². The lowest BCUT2D eigenvalue weighted by atomic mass is 9.88. The molecule has 0 aliphatic heterocycles. The number of hydrogen-bond donors (Lipinski definition) is 2. The zero-order valence-electron chi connectivity index (χ0n) is 15.9. The molecular weight excluding hydrogens is 394 g/mol. The van der Waals surface area contributed by atoms with Crippen LogP contribution in [0, 0.1) is 5.92 Å². The Morgan fingerprint density at radius 2 is 2.25 bits per heavy atom. The van der Waals surface area contributed by atoms with E-state index in [9.17, 15) is 13.2 Å². The molecule has 1 aliphatic carbocycles. The van der Waals surface area contributed by atoms with E-state index in [2.05, 4.69) is 28.5 Å². The second-order valence-electron chi connectivity index (χ2n) is 6.91. The third-order valence-electron chi connectivity index (χ3n) is 4.78. The molecule has 0 radical (unpaired) electrons. The van der Waals surface area contributed by atoms with Gasteiger partial charge in [0.25, 0.3) is 5.91 Å². The Morgan fingerprint density at radius 3 is 3.00 bits per heavy atom. The molecule has 1 heterocycles. The van der Waals surface area contributed by atoms with Gasteiger partial charge in [-0.15, -0.1) is 17.9 Å². The maximum absolute atomic E-state index is 12.6. The van der Waals surface area contributed by atoms with Crippen molar-refractivity contribution in [2.75, 3.05) is 11.9 Å². The number of hydrogen-bond acceptors (Lipinski definition) is 5. The first-order valence-electron chi connectivity index (χ1n) is 9.43. The molecule has 2 aromatic rings. The number of aryl methyl sites for hydroxylation is 1. The molecule has 1 unspecified atom stereocenters. The molecule has 3 rings (SSSR count). The molecule has 28 heavy (non-hydrogen) atoms. The highest BCUT2D eigenvalue weighted by atomic mass is 32.2. The summed E-state index contributed by atoms with van der Waals surface area (Å²) in [6.07, 6.45) is 7.00. The summed E-state index contributed by atoms with van der Waals surface area (Å²) in [5.41, 5.74) is 1.36. The molecule has 1 atom stereocenters. The number of rotatable bonds is 8. The van der Waals surface area contributed by atoms with Crippen molar-refractivity contribution in [3.63, 3.8) is 0 Å². The van der Waals surface area contributed by atoms with Crippen LogP contribution in [0.4, 0.5) is 5.13 Å². The maximum atomic E-state index is 12.6. The smallest absolute Gasteiger partial charge is 0.257 e. The molecule has 1 aromatic carbocycles. The van der Waals surface area contributed by atoms with Gasteiger partial charge in [-0.25, -0.2) is 18.1 Å². The first-order chi connectivity index (χ1) is 13.4. The number of benzene rings is 1. The first-order valence-corrected chi connectivity index (χ1v) is 11.7. The molecule has 150 valence electrons. The van der Waals surface area contributed by atoms with Gasteiger partial charge < -0.3 is 0 Å². The van der Waals surface area contributed by atoms with Crippen LogP contribution in [-0.2, 0) is 22.9 Å². The summed E-state index contributed by atoms with van der Waals surface area (Å²) < 4.78 is 26.9. The predicted octanol–water partition coefficient (Wildman–Crippen LogP) is 3.76. The lowest BCUT2D eigenvalue weighted by Crippen LogP contribution is -2.24. The lowest BCUT2D eigenvalue weighted by molar-refractivity contribution is 0.102. The number of amides is 1. The van der Waals surface area contributed by atoms with Crippen molar-refractivity contribution in [1.82, 2.24) is 9.71 Å². The summed E-state index contributed by atoms with van der Waals surface area (Å²) in [4.78, 5) is 18.5. The van der Waals surface area contributed by atoms with Crippen LogP contribution in [0.15, 0.2) is 41.8 Å². The Kier molecular flexibility index (Phi) is 6.64. The van der Waals surface area contributed by atoms with Crippen LogP contribution in [-0.4, -0.2) is 25.9 Å². The fourth-order valence-electron chi connectivity index (χ4n) is 3.38. The van der Waals surface area contributed by atoms with E-state index in [0.717, 1.165) is 25.0 Å². The monoisotopic (exact) mass is 419 g/mol. The SMILES string of the molecule is C=CCNS(=O)(=O)c1cccc(C(=O)Nc2nc3c(s2)CC(CCC)CC3)c1. The van der Waals surface area contributed by atoms with E-state index in [-0.39, 0.29) is 22.9 Å². The minimum atomic E-state index is -3.68. The number of anilines is 1. The highest BCUT2D eigenvalue weighted by Gasteiger charge is 2.23. The Labute approximate surface area is 170 Å². The average molecular weight is 420 g/mol. The normalized spacial score (nSPS) is 16.4. The lowest BCUT2D eigenvalue weighted by Gasteiger charge is -2.19. The van der Waals surface area contributed by atoms with Crippen LogP contribution >= 0.6 is 11.3 Å². The Balaban J connectivity index is 1.72. The average Bonchev–Trinajstić information content (AvgIpc) is 3.08. The van der Waals surface area contributed by atoms with Crippen LogP contribution in [0.25, 0.3) is 0 Å². The summed E-state index contributed by atoms with van der Waals surface area (Å²) in [5.74, 6) is 0.337. The second-order valence-corrected chi connectivity index (χ2v) is 9.76. The van der Waals surface area contributed by atoms with Crippen LogP contribution in [0.1, 0.15) is 47.1 Å². The summed E-state index contributed by atoms with van der Waals surface area (Å²) in [5, 5.41) is 3.40. The minimum Gasteiger partial charge on any atom is -0.298 e. The molecule has 0 spiro atoms. The number of nitrogens with one attached hydrogen (secondary N) is 2. The number of nitrogens with zero attached hydrogens (tertiary/aromatic N) is 1. The third kappa shape index (κ3) is 4.87. The van der Waals surface area contributed by atoms with Gasteiger partial charge in [0, 0.05) is 17.0 Å². The van der Waals surface area contributed by atoms with Gasteiger partial charge in [-0.1, -0.05) is 31.9 Å². The molecule has 0 saturated carbocycles. The molecule has 1 amide bonds. The number of aromatic nitrogens is 1. The Morgan fingerprint density at radius 1 is 1.43 bits per heavy atom. The van der Waals surface area contributed by atoms with Crippen molar-refractivity contribution in [3.8, 4) is 0 Å². The molecule has 6 nitrogen and oxygen atoms in total. The van der Waals surface area contributed by atoms with E-state index >= 15 is 0 Å². The third-order valence-corrected chi connectivity index (χ3v) is 7.24. The van der Waals surface area contributed by atoms with Gasteiger partial charge in [0.05, 0.1) is 10.6 Å². The molecular formula is C20H25N3O3S2. The quantitative estimate of drug-likeness (QED) is 0.638. The molecule has 1 aromatic heterocycles. The predicted molar refractivity (Wildman–Crippen MR) is 112 cm³/mol. The van der Waals surface area contributed by atoms with E-state index in [1.165, 1.54) is 47.3 Å². The number of carbonyl (C=O) groups is 1. The minimum absolute atomic E-state index is 0.0443. The molecule has 0 bridgehead atoms. The second kappa shape index (κ2) is 8.98. The largest absolute Gasteiger partial charge is 0.298 e. The van der Waals surface area contributed by atoms with Crippen LogP contribution in [0.3, 0.4) is 0 Å². The van der Waals surface area contributed by atoms with Crippen molar-refractivity contribution < 1.29 is 13.2 Å². The maximum Gasteiger partial charge on any atom is 0.257 e. The van der Waals surface area contributed by atoms with Gasteiger partial charge in [0.15, 0.2) is 5.13 Å². The van der Waals surface area contributed by atoms with Gasteiger partial charge in [0.1, 0.15) is 0 Å². The van der Waals surface area contributed by atoms with E-state index in [1.807, 2.05) is 0 Å². The van der Waals surface area contributed by atoms with Crippen LogP contribution < -0.4 is 10.0 Å². The van der Waals surface area contributed by atoms with Crippen molar-refractivity contribution in [2.24, 2.45) is 5.92 Å². The molecule has 2 N–H and O–H groups in total. The summed E-state index contributed by atoms with van der Waals surface area (Å²) in [7, 11) is -3.68. The summed E-state index contributed by atoms with van der Waals surface area (Å²) in [6.45, 7) is 5.83. The summed E-state index contributed by atoms with van der Waals surface area (Å²) >= 11 is 1.52. The number of thiazole rings is 1. The van der Waals surface area contributed by atoms with E-state index < -0.39 is 10.0 Å². The number of carbonyl (C=O) groups excluding carboxylic acids is 1. The van der Waals surface area contributed by atoms with Gasteiger partial charge in [0.2, 0.25) is 10.0 Å². The molecule has 1 aliphatic rings. The van der Waals surface area contributed by atoms with Crippen molar-refractivity contribution >= 4 is 32.4 Å². The first kappa shape index (κ1) is 20.7. The van der Waals surface area contributed by atoms with Gasteiger partial charge in [-0.2, -0.15) is 0 Å². The molecule has 8 heteroatoms. The molecule has 0 fully saturated rings. The standard InChI is InChI=1S/C20H25N3O3S2/c1-3-6-14-9-10-17-18(12-14)27-20(22-17)23-19(24)15-7-5-8-16(13-15)28(25,26)21-11-4-2/h4-5,7-8,13-14,21H,2-3,6,9-12H2,1H3,(H,22,23,24). The van der Waals surface area contributed by atoms with E-state index in [1.54, 1.807) is 12.1 Å². The zero-order chi connectivity index (χ0) is 20.1. The van der Waals surface area contributed by atoms with Gasteiger partial charge in [-0.05, 0) is 43.4 Å². The molecule has 0 saturated heterocycles. The number of sulfonamides is 1. The Bertz CT molecular complexity index is 967. The zero-order valence-corrected chi connectivity index (χ0v) is 17.5. The fourth-order valence-corrected chi connectivity index (χ4v) is 5.54. The highest BCUT2D eigenvalue weighted by Crippen LogP contribution is 2.34. The topological polar surface area (TPSA) is 88.2 Å². The van der Waals surface area contributed by atoms with Crippen LogP contribution in [0.5, 0.6) is 0 Å². The van der Waals surface area contributed by atoms with Crippen LogP contribution in [0.2, 0.25) is 0 Å². The highest BCUT2D eigenvalue weighted by molar-refractivity contribution is 7.89. The van der Waals surface area contributed by atoms with Crippen molar-refractivity contribution in [1.29, 1.82) is 0 Å². The fraction of sp³-hybridized carbons (Fsp3) is 0.400. The van der Waals surface area contributed by atoms with Crippen molar-refractivity contribution in [3.05, 3.63) is 53.1 Å².